The molecule has 2 aromatic rings. The molecule has 4 N–H and O–H groups in total. The van der Waals surface area contributed by atoms with E-state index >= 15 is 0 Å². The van der Waals surface area contributed by atoms with Gasteiger partial charge in [-0.25, -0.2) is 0 Å². The summed E-state index contributed by atoms with van der Waals surface area (Å²) < 4.78 is 0. The van der Waals surface area contributed by atoms with Crippen LogP contribution >= 0.6 is 12.4 Å². The molecule has 1 aliphatic carbocycles. The molecular formula is C16H19ClN2. The molecule has 0 spiro atoms. The van der Waals surface area contributed by atoms with Crippen molar-refractivity contribution in [3.63, 3.8) is 0 Å². The lowest BCUT2D eigenvalue weighted by Gasteiger charge is -2.26. The predicted molar refractivity (Wildman–Crippen MR) is 82.4 cm³/mol. The van der Waals surface area contributed by atoms with Crippen LogP contribution in [0.5, 0.6) is 0 Å². The van der Waals surface area contributed by atoms with Crippen LogP contribution in [0.15, 0.2) is 48.5 Å². The summed E-state index contributed by atoms with van der Waals surface area (Å²) in [6, 6.07) is 16.6. The molecule has 3 rings (SSSR count). The first-order chi connectivity index (χ1) is 8.67. The summed E-state index contributed by atoms with van der Waals surface area (Å²) in [5, 5.41) is 0. The fourth-order valence-electron chi connectivity index (χ4n) is 2.91. The van der Waals surface area contributed by atoms with Crippen LogP contribution in [-0.2, 0) is 18.4 Å². The van der Waals surface area contributed by atoms with E-state index in [1.807, 2.05) is 18.2 Å². The smallest absolute Gasteiger partial charge is 0.0457 e. The zero-order valence-electron chi connectivity index (χ0n) is 10.8. The molecule has 1 atom stereocenters. The first kappa shape index (κ1) is 13.9. The Morgan fingerprint density at radius 3 is 2.53 bits per heavy atom. The van der Waals surface area contributed by atoms with E-state index in [-0.39, 0.29) is 17.9 Å². The van der Waals surface area contributed by atoms with Crippen molar-refractivity contribution in [2.24, 2.45) is 5.73 Å². The van der Waals surface area contributed by atoms with Crippen LogP contribution in [0.4, 0.5) is 5.69 Å². The Kier molecular flexibility index (Phi) is 3.83. The summed E-state index contributed by atoms with van der Waals surface area (Å²) in [6.45, 7) is 0. The van der Waals surface area contributed by atoms with Gasteiger partial charge in [-0.2, -0.15) is 0 Å². The Balaban J connectivity index is 0.00000133. The van der Waals surface area contributed by atoms with Crippen molar-refractivity contribution in [2.75, 3.05) is 5.73 Å². The zero-order valence-corrected chi connectivity index (χ0v) is 11.6. The van der Waals surface area contributed by atoms with Crippen LogP contribution in [0.2, 0.25) is 0 Å². The van der Waals surface area contributed by atoms with Gasteiger partial charge in [0.25, 0.3) is 0 Å². The monoisotopic (exact) mass is 274 g/mol. The minimum atomic E-state index is -0.258. The van der Waals surface area contributed by atoms with Crippen molar-refractivity contribution in [1.82, 2.24) is 0 Å². The van der Waals surface area contributed by atoms with Crippen molar-refractivity contribution in [1.29, 1.82) is 0 Å². The maximum absolute atomic E-state index is 6.62. The SMILES string of the molecule is Cl.Nc1ccc2c(c1)C(N)(Cc1ccccc1)CC2. The molecule has 0 amide bonds. The van der Waals surface area contributed by atoms with Crippen molar-refractivity contribution in [3.8, 4) is 0 Å². The number of halogens is 1. The Labute approximate surface area is 120 Å². The number of hydrogen-bond donors (Lipinski definition) is 2. The largest absolute Gasteiger partial charge is 0.399 e. The summed E-state index contributed by atoms with van der Waals surface area (Å²) in [7, 11) is 0. The summed E-state index contributed by atoms with van der Waals surface area (Å²) in [4.78, 5) is 0. The van der Waals surface area contributed by atoms with Crippen LogP contribution in [0, 0.1) is 0 Å². The first-order valence-corrected chi connectivity index (χ1v) is 6.39. The van der Waals surface area contributed by atoms with Crippen molar-refractivity contribution < 1.29 is 0 Å². The lowest BCUT2D eigenvalue weighted by molar-refractivity contribution is 0.439. The van der Waals surface area contributed by atoms with Gasteiger partial charge >= 0.3 is 0 Å². The molecule has 0 aliphatic heterocycles. The van der Waals surface area contributed by atoms with Crippen molar-refractivity contribution in [2.45, 2.75) is 24.8 Å². The second-order valence-electron chi connectivity index (χ2n) is 5.24. The fourth-order valence-corrected chi connectivity index (χ4v) is 2.91. The number of nitrogen functional groups attached to an aromatic ring is 1. The number of nitrogens with two attached hydrogens (primary N) is 2. The molecule has 0 aromatic heterocycles. The topological polar surface area (TPSA) is 52.0 Å². The number of rotatable bonds is 2. The third-order valence-corrected chi connectivity index (χ3v) is 3.87. The van der Waals surface area contributed by atoms with Crippen LogP contribution < -0.4 is 11.5 Å². The highest BCUT2D eigenvalue weighted by Gasteiger charge is 2.34. The van der Waals surface area contributed by atoms with Gasteiger partial charge in [0.05, 0.1) is 0 Å². The Morgan fingerprint density at radius 2 is 1.79 bits per heavy atom. The summed E-state index contributed by atoms with van der Waals surface area (Å²) >= 11 is 0. The molecule has 0 saturated heterocycles. The van der Waals surface area contributed by atoms with Crippen LogP contribution in [0.3, 0.4) is 0 Å². The lowest BCUT2D eigenvalue weighted by atomic mass is 9.86. The third-order valence-electron chi connectivity index (χ3n) is 3.87. The molecule has 0 saturated carbocycles. The van der Waals surface area contributed by atoms with Crippen molar-refractivity contribution in [3.05, 3.63) is 65.2 Å². The van der Waals surface area contributed by atoms with Gasteiger partial charge in [-0.3, -0.25) is 0 Å². The van der Waals surface area contributed by atoms with E-state index in [4.69, 9.17) is 11.5 Å². The molecule has 0 heterocycles. The number of fused-ring (bicyclic) bond motifs is 1. The maximum atomic E-state index is 6.62. The average molecular weight is 275 g/mol. The molecule has 100 valence electrons. The van der Waals surface area contributed by atoms with Crippen LogP contribution in [0.1, 0.15) is 23.1 Å². The molecular weight excluding hydrogens is 256 g/mol. The number of aryl methyl sites for hydroxylation is 1. The molecule has 0 radical (unpaired) electrons. The van der Waals surface area contributed by atoms with E-state index in [0.717, 1.165) is 24.9 Å². The van der Waals surface area contributed by atoms with Crippen LogP contribution in [-0.4, -0.2) is 0 Å². The lowest BCUT2D eigenvalue weighted by Crippen LogP contribution is -2.36. The van der Waals surface area contributed by atoms with Gasteiger partial charge in [-0.15, -0.1) is 12.4 Å². The van der Waals surface area contributed by atoms with Gasteiger partial charge in [-0.05, 0) is 48.1 Å². The van der Waals surface area contributed by atoms with E-state index < -0.39 is 0 Å². The Morgan fingerprint density at radius 1 is 1.05 bits per heavy atom. The van der Waals surface area contributed by atoms with Gasteiger partial charge in [0, 0.05) is 11.2 Å². The number of anilines is 1. The standard InChI is InChI=1S/C16H18N2.ClH/c17-14-7-6-13-8-9-16(18,15(13)10-14)11-12-4-2-1-3-5-12;/h1-7,10H,8-9,11,17-18H2;1H. The maximum Gasteiger partial charge on any atom is 0.0457 e. The normalized spacial score (nSPS) is 20.7. The van der Waals surface area contributed by atoms with E-state index in [0.29, 0.717) is 0 Å². The summed E-state index contributed by atoms with van der Waals surface area (Å²) in [5.74, 6) is 0. The highest BCUT2D eigenvalue weighted by atomic mass is 35.5. The molecule has 1 aliphatic rings. The van der Waals surface area contributed by atoms with Gasteiger partial charge < -0.3 is 11.5 Å². The fraction of sp³-hybridized carbons (Fsp3) is 0.250. The minimum Gasteiger partial charge on any atom is -0.399 e. The van der Waals surface area contributed by atoms with Crippen molar-refractivity contribution >= 4 is 18.1 Å². The van der Waals surface area contributed by atoms with E-state index in [1.165, 1.54) is 16.7 Å². The quantitative estimate of drug-likeness (QED) is 0.827. The average Bonchev–Trinajstić information content (AvgIpc) is 2.68. The van der Waals surface area contributed by atoms with Gasteiger partial charge in [0.1, 0.15) is 0 Å². The molecule has 2 nitrogen and oxygen atoms in total. The molecule has 2 aromatic carbocycles. The predicted octanol–water partition coefficient (Wildman–Crippen LogP) is 3.03. The van der Waals surface area contributed by atoms with Gasteiger partial charge in [-0.1, -0.05) is 36.4 Å². The Bertz CT molecular complexity index is 568. The Hall–Kier alpha value is -1.51. The van der Waals surface area contributed by atoms with E-state index in [1.54, 1.807) is 0 Å². The summed E-state index contributed by atoms with van der Waals surface area (Å²) in [6.07, 6.45) is 2.93. The van der Waals surface area contributed by atoms with Gasteiger partial charge in [0.15, 0.2) is 0 Å². The minimum absolute atomic E-state index is 0. The third kappa shape index (κ3) is 2.60. The molecule has 0 fully saturated rings. The van der Waals surface area contributed by atoms with E-state index in [2.05, 4.69) is 30.3 Å². The van der Waals surface area contributed by atoms with Gasteiger partial charge in [0.2, 0.25) is 0 Å². The molecule has 1 unspecified atom stereocenters. The number of hydrogen-bond acceptors (Lipinski definition) is 2. The second-order valence-corrected chi connectivity index (χ2v) is 5.24. The molecule has 3 heteroatoms. The second kappa shape index (κ2) is 5.24. The zero-order chi connectivity index (χ0) is 12.6. The van der Waals surface area contributed by atoms with E-state index in [9.17, 15) is 0 Å². The summed E-state index contributed by atoms with van der Waals surface area (Å²) in [5.41, 5.74) is 16.9. The first-order valence-electron chi connectivity index (χ1n) is 6.39. The highest BCUT2D eigenvalue weighted by Crippen LogP contribution is 2.38. The molecule has 0 bridgehead atoms. The number of benzene rings is 2. The van der Waals surface area contributed by atoms with Crippen LogP contribution in [0.25, 0.3) is 0 Å². The molecule has 19 heavy (non-hydrogen) atoms. The highest BCUT2D eigenvalue weighted by molar-refractivity contribution is 5.85.